The fourth-order valence-electron chi connectivity index (χ4n) is 1.15. The lowest BCUT2D eigenvalue weighted by Crippen LogP contribution is -2.30. The fourth-order valence-corrected chi connectivity index (χ4v) is 2.24. The monoisotopic (exact) mass is 156 g/mol. The first-order chi connectivity index (χ1) is 4.84. The van der Waals surface area contributed by atoms with Gasteiger partial charge in [-0.3, -0.25) is 0 Å². The van der Waals surface area contributed by atoms with Gasteiger partial charge in [0.15, 0.2) is 6.19 Å². The Bertz CT molecular complexity index is 135. The van der Waals surface area contributed by atoms with E-state index in [1.807, 2.05) is 18.8 Å². The lowest BCUT2D eigenvalue weighted by atomic mass is 10.1. The average Bonchev–Trinajstić information content (AvgIpc) is 2.05. The molecule has 0 N–H and O–H groups in total. The van der Waals surface area contributed by atoms with E-state index in [-0.39, 0.29) is 0 Å². The smallest absolute Gasteiger partial charge is 0.179 e. The summed E-state index contributed by atoms with van der Waals surface area (Å²) >= 11 is 1.99. The molecule has 1 rings (SSSR count). The first-order valence-corrected chi connectivity index (χ1v) is 4.70. The van der Waals surface area contributed by atoms with Crippen LogP contribution >= 0.6 is 11.8 Å². The van der Waals surface area contributed by atoms with Crippen molar-refractivity contribution in [2.45, 2.75) is 18.9 Å². The van der Waals surface area contributed by atoms with Gasteiger partial charge in [-0.2, -0.15) is 17.0 Å². The molecule has 1 aliphatic heterocycles. The summed E-state index contributed by atoms with van der Waals surface area (Å²) in [7, 11) is 1.88. The average molecular weight is 156 g/mol. The van der Waals surface area contributed by atoms with Crippen molar-refractivity contribution in [2.75, 3.05) is 18.6 Å². The summed E-state index contributed by atoms with van der Waals surface area (Å²) in [6.45, 7) is 0. The molecule has 2 nitrogen and oxygen atoms in total. The second-order valence-electron chi connectivity index (χ2n) is 2.55. The van der Waals surface area contributed by atoms with E-state index in [1.54, 1.807) is 4.90 Å². The number of rotatable bonds is 1. The Hall–Kier alpha value is -0.360. The molecule has 0 aliphatic carbocycles. The first-order valence-electron chi connectivity index (χ1n) is 3.55. The van der Waals surface area contributed by atoms with Crippen LogP contribution in [0, 0.1) is 11.5 Å². The molecule has 1 aliphatic rings. The van der Waals surface area contributed by atoms with Gasteiger partial charge in [0.1, 0.15) is 0 Å². The van der Waals surface area contributed by atoms with Gasteiger partial charge in [0, 0.05) is 13.1 Å². The van der Waals surface area contributed by atoms with Crippen molar-refractivity contribution >= 4 is 11.8 Å². The Balaban J connectivity index is 2.33. The normalized spacial score (nSPS) is 20.0. The third-order valence-electron chi connectivity index (χ3n) is 1.90. The van der Waals surface area contributed by atoms with E-state index in [0.29, 0.717) is 6.04 Å². The van der Waals surface area contributed by atoms with Crippen molar-refractivity contribution in [2.24, 2.45) is 0 Å². The van der Waals surface area contributed by atoms with Gasteiger partial charge in [0.05, 0.1) is 0 Å². The van der Waals surface area contributed by atoms with Crippen LogP contribution in [-0.4, -0.2) is 29.5 Å². The van der Waals surface area contributed by atoms with Gasteiger partial charge in [-0.25, -0.2) is 0 Å². The molecule has 1 fully saturated rings. The highest BCUT2D eigenvalue weighted by Crippen LogP contribution is 2.19. The number of thioether (sulfide) groups is 1. The summed E-state index contributed by atoms with van der Waals surface area (Å²) < 4.78 is 0. The summed E-state index contributed by atoms with van der Waals surface area (Å²) in [5.74, 6) is 2.44. The largest absolute Gasteiger partial charge is 0.311 e. The minimum absolute atomic E-state index is 0.520. The molecule has 1 heterocycles. The number of nitriles is 1. The van der Waals surface area contributed by atoms with Crippen molar-refractivity contribution in [3.05, 3.63) is 0 Å². The van der Waals surface area contributed by atoms with E-state index in [4.69, 9.17) is 5.26 Å². The molecule has 10 heavy (non-hydrogen) atoms. The zero-order valence-electron chi connectivity index (χ0n) is 6.21. The summed E-state index contributed by atoms with van der Waals surface area (Å²) in [5.41, 5.74) is 0. The lowest BCUT2D eigenvalue weighted by Gasteiger charge is -2.26. The predicted molar refractivity (Wildman–Crippen MR) is 43.7 cm³/mol. The molecule has 0 aromatic rings. The standard InChI is InChI=1S/C7H12N2S/c1-9(6-8)7-2-4-10-5-3-7/h7H,2-5H2,1H3. The maximum Gasteiger partial charge on any atom is 0.179 e. The maximum absolute atomic E-state index is 8.56. The van der Waals surface area contributed by atoms with E-state index in [1.165, 1.54) is 24.3 Å². The predicted octanol–water partition coefficient (Wildman–Crippen LogP) is 1.29. The van der Waals surface area contributed by atoms with Gasteiger partial charge >= 0.3 is 0 Å². The number of hydrogen-bond acceptors (Lipinski definition) is 3. The van der Waals surface area contributed by atoms with Gasteiger partial charge in [-0.1, -0.05) is 0 Å². The van der Waals surface area contributed by atoms with Crippen LogP contribution in [0.5, 0.6) is 0 Å². The highest BCUT2D eigenvalue weighted by molar-refractivity contribution is 7.99. The van der Waals surface area contributed by atoms with Crippen LogP contribution in [-0.2, 0) is 0 Å². The highest BCUT2D eigenvalue weighted by Gasteiger charge is 2.16. The van der Waals surface area contributed by atoms with Gasteiger partial charge in [-0.15, -0.1) is 0 Å². The Morgan fingerprint density at radius 1 is 1.50 bits per heavy atom. The van der Waals surface area contributed by atoms with Gasteiger partial charge in [0.25, 0.3) is 0 Å². The number of hydrogen-bond donors (Lipinski definition) is 0. The molecule has 0 amide bonds. The molecule has 0 saturated carbocycles. The van der Waals surface area contributed by atoms with Gasteiger partial charge in [-0.05, 0) is 24.3 Å². The zero-order valence-corrected chi connectivity index (χ0v) is 7.02. The Morgan fingerprint density at radius 2 is 2.10 bits per heavy atom. The summed E-state index contributed by atoms with van der Waals surface area (Å²) in [6, 6.07) is 0.520. The third-order valence-corrected chi connectivity index (χ3v) is 2.95. The minimum Gasteiger partial charge on any atom is -0.311 e. The van der Waals surface area contributed by atoms with E-state index < -0.39 is 0 Å². The topological polar surface area (TPSA) is 27.0 Å². The summed E-state index contributed by atoms with van der Waals surface area (Å²) in [4.78, 5) is 1.78. The quantitative estimate of drug-likeness (QED) is 0.423. The fraction of sp³-hybridized carbons (Fsp3) is 0.857. The Morgan fingerprint density at radius 3 is 2.60 bits per heavy atom. The molecular weight excluding hydrogens is 144 g/mol. The molecule has 0 aromatic heterocycles. The maximum atomic E-state index is 8.56. The van der Waals surface area contributed by atoms with E-state index >= 15 is 0 Å². The molecule has 0 radical (unpaired) electrons. The van der Waals surface area contributed by atoms with Crippen molar-refractivity contribution in [1.82, 2.24) is 4.90 Å². The number of nitrogens with zero attached hydrogens (tertiary/aromatic N) is 2. The molecule has 1 saturated heterocycles. The van der Waals surface area contributed by atoms with Crippen LogP contribution in [0.25, 0.3) is 0 Å². The molecule has 0 aromatic carbocycles. The van der Waals surface area contributed by atoms with Crippen LogP contribution in [0.1, 0.15) is 12.8 Å². The summed E-state index contributed by atoms with van der Waals surface area (Å²) in [6.07, 6.45) is 4.51. The molecule has 3 heteroatoms. The van der Waals surface area contributed by atoms with Crippen LogP contribution < -0.4 is 0 Å². The Labute approximate surface area is 66.2 Å². The van der Waals surface area contributed by atoms with Crippen LogP contribution in [0.2, 0.25) is 0 Å². The molecule has 56 valence electrons. The van der Waals surface area contributed by atoms with Gasteiger partial charge in [0.2, 0.25) is 0 Å². The van der Waals surface area contributed by atoms with Crippen molar-refractivity contribution < 1.29 is 0 Å². The Kier molecular flexibility index (Phi) is 2.88. The van der Waals surface area contributed by atoms with E-state index in [2.05, 4.69) is 6.19 Å². The molecular formula is C7H12N2S. The zero-order chi connectivity index (χ0) is 7.40. The second-order valence-corrected chi connectivity index (χ2v) is 3.78. The molecule has 0 atom stereocenters. The van der Waals surface area contributed by atoms with Crippen LogP contribution in [0.15, 0.2) is 0 Å². The molecule has 0 spiro atoms. The van der Waals surface area contributed by atoms with E-state index in [0.717, 1.165) is 0 Å². The van der Waals surface area contributed by atoms with E-state index in [9.17, 15) is 0 Å². The third kappa shape index (κ3) is 1.81. The van der Waals surface area contributed by atoms with Gasteiger partial charge < -0.3 is 4.90 Å². The molecule has 0 unspecified atom stereocenters. The minimum atomic E-state index is 0.520. The van der Waals surface area contributed by atoms with Crippen molar-refractivity contribution in [3.8, 4) is 6.19 Å². The molecule has 0 bridgehead atoms. The lowest BCUT2D eigenvalue weighted by molar-refractivity contribution is 0.324. The van der Waals surface area contributed by atoms with Crippen LogP contribution in [0.4, 0.5) is 0 Å². The van der Waals surface area contributed by atoms with Crippen molar-refractivity contribution in [3.63, 3.8) is 0 Å². The SMILES string of the molecule is CN(C#N)C1CCSCC1. The second kappa shape index (κ2) is 3.72. The first kappa shape index (κ1) is 7.74. The van der Waals surface area contributed by atoms with Crippen LogP contribution in [0.3, 0.4) is 0 Å². The highest BCUT2D eigenvalue weighted by atomic mass is 32.2. The summed E-state index contributed by atoms with van der Waals surface area (Å²) in [5, 5.41) is 8.56. The van der Waals surface area contributed by atoms with Crippen molar-refractivity contribution in [1.29, 1.82) is 5.26 Å².